The Morgan fingerprint density at radius 3 is 2.68 bits per heavy atom. The van der Waals surface area contributed by atoms with E-state index in [1.165, 1.54) is 11.6 Å². The second kappa shape index (κ2) is 7.40. The number of fused-ring (bicyclic) bond motifs is 1. The van der Waals surface area contributed by atoms with Crippen LogP contribution in [0.5, 0.6) is 0 Å². The third-order valence-corrected chi connectivity index (χ3v) is 4.51. The number of aromatic nitrogens is 3. The topological polar surface area (TPSA) is 111 Å². The lowest BCUT2D eigenvalue weighted by molar-refractivity contribution is 0.0699. The monoisotopic (exact) mass is 374 g/mol. The minimum Gasteiger partial charge on any atom is -0.478 e. The maximum Gasteiger partial charge on any atom is 0.337 e. The van der Waals surface area contributed by atoms with Crippen molar-refractivity contribution >= 4 is 22.7 Å². The van der Waals surface area contributed by atoms with E-state index in [0.717, 1.165) is 6.42 Å². The highest BCUT2D eigenvalue weighted by Crippen LogP contribution is 2.25. The van der Waals surface area contributed by atoms with Gasteiger partial charge in [0.25, 0.3) is 5.56 Å². The van der Waals surface area contributed by atoms with E-state index in [-0.39, 0.29) is 11.1 Å². The van der Waals surface area contributed by atoms with Crippen molar-refractivity contribution in [3.8, 4) is 11.4 Å². The van der Waals surface area contributed by atoms with Crippen LogP contribution < -0.4 is 10.9 Å². The average Bonchev–Trinajstić information content (AvgIpc) is 3.12. The molecule has 7 heteroatoms. The Morgan fingerprint density at radius 1 is 1.07 bits per heavy atom. The Morgan fingerprint density at radius 2 is 1.89 bits per heavy atom. The van der Waals surface area contributed by atoms with Gasteiger partial charge in [0.1, 0.15) is 16.9 Å². The summed E-state index contributed by atoms with van der Waals surface area (Å²) in [6.07, 6.45) is 2.37. The molecule has 0 fully saturated rings. The number of hydrogen-bond acceptors (Lipinski definition) is 4. The fourth-order valence-electron chi connectivity index (χ4n) is 3.17. The van der Waals surface area contributed by atoms with E-state index >= 15 is 0 Å². The van der Waals surface area contributed by atoms with Gasteiger partial charge in [0, 0.05) is 12.7 Å². The van der Waals surface area contributed by atoms with Crippen LogP contribution in [0.25, 0.3) is 22.4 Å². The van der Waals surface area contributed by atoms with Crippen molar-refractivity contribution in [2.75, 3.05) is 11.9 Å². The molecule has 0 saturated carbocycles. The van der Waals surface area contributed by atoms with E-state index < -0.39 is 5.97 Å². The number of pyridine rings is 1. The van der Waals surface area contributed by atoms with Crippen LogP contribution in [0, 0.1) is 0 Å². The average molecular weight is 374 g/mol. The molecule has 0 saturated heterocycles. The second-order valence-electron chi connectivity index (χ2n) is 6.35. The Labute approximate surface area is 160 Å². The van der Waals surface area contributed by atoms with Crippen LogP contribution in [0.1, 0.15) is 15.9 Å². The first-order valence-corrected chi connectivity index (χ1v) is 8.85. The zero-order valence-corrected chi connectivity index (χ0v) is 14.9. The van der Waals surface area contributed by atoms with Gasteiger partial charge in [-0.2, -0.15) is 0 Å². The van der Waals surface area contributed by atoms with E-state index in [9.17, 15) is 14.7 Å². The zero-order valence-electron chi connectivity index (χ0n) is 14.9. The smallest absolute Gasteiger partial charge is 0.337 e. The van der Waals surface area contributed by atoms with Crippen LogP contribution in [-0.4, -0.2) is 32.6 Å². The van der Waals surface area contributed by atoms with Gasteiger partial charge in [-0.3, -0.25) is 4.79 Å². The number of imidazole rings is 1. The number of nitrogens with zero attached hydrogens (tertiary/aromatic N) is 1. The van der Waals surface area contributed by atoms with Gasteiger partial charge in [-0.25, -0.2) is 9.78 Å². The van der Waals surface area contributed by atoms with E-state index in [1.54, 1.807) is 24.4 Å². The third-order valence-electron chi connectivity index (χ3n) is 4.51. The molecule has 0 atom stereocenters. The largest absolute Gasteiger partial charge is 0.478 e. The molecule has 4 N–H and O–H groups in total. The molecule has 140 valence electrons. The summed E-state index contributed by atoms with van der Waals surface area (Å²) in [6.45, 7) is 0.640. The first-order chi connectivity index (χ1) is 13.6. The van der Waals surface area contributed by atoms with E-state index in [4.69, 9.17) is 0 Å². The molecular formula is C21H18N4O3. The highest BCUT2D eigenvalue weighted by Gasteiger charge is 2.17. The van der Waals surface area contributed by atoms with Crippen LogP contribution in [0.2, 0.25) is 0 Å². The summed E-state index contributed by atoms with van der Waals surface area (Å²) in [5.41, 5.74) is 2.85. The number of anilines is 1. The van der Waals surface area contributed by atoms with Gasteiger partial charge >= 0.3 is 5.97 Å². The molecule has 0 unspecified atom stereocenters. The molecule has 28 heavy (non-hydrogen) atoms. The minimum absolute atomic E-state index is 0.0888. The number of aromatic amines is 2. The van der Waals surface area contributed by atoms with Gasteiger partial charge in [0.05, 0.1) is 16.8 Å². The summed E-state index contributed by atoms with van der Waals surface area (Å²) in [5, 5.41) is 12.6. The summed E-state index contributed by atoms with van der Waals surface area (Å²) in [7, 11) is 0. The van der Waals surface area contributed by atoms with E-state index in [0.29, 0.717) is 34.7 Å². The van der Waals surface area contributed by atoms with E-state index in [2.05, 4.69) is 20.3 Å². The highest BCUT2D eigenvalue weighted by molar-refractivity contribution is 6.01. The van der Waals surface area contributed by atoms with Gasteiger partial charge in [-0.1, -0.05) is 36.4 Å². The standard InChI is InChI=1S/C21H18N4O3/c26-20-17(19-24-16-8-4-7-14(21(27)28)18(16)25-19)15(10-12-23-20)22-11-9-13-5-2-1-3-6-13/h1-8,10,12H,9,11H2,(H,24,25)(H,27,28)(H2,22,23,26). The number of H-pyrrole nitrogens is 2. The molecule has 0 radical (unpaired) electrons. The lowest BCUT2D eigenvalue weighted by Gasteiger charge is -2.09. The van der Waals surface area contributed by atoms with Crippen molar-refractivity contribution in [1.29, 1.82) is 0 Å². The van der Waals surface area contributed by atoms with Crippen molar-refractivity contribution in [2.45, 2.75) is 6.42 Å². The number of carbonyl (C=O) groups is 1. The Kier molecular flexibility index (Phi) is 4.63. The van der Waals surface area contributed by atoms with Crippen molar-refractivity contribution in [2.24, 2.45) is 0 Å². The van der Waals surface area contributed by atoms with Crippen LogP contribution in [-0.2, 0) is 6.42 Å². The Balaban J connectivity index is 1.68. The van der Waals surface area contributed by atoms with Crippen LogP contribution in [0.15, 0.2) is 65.6 Å². The van der Waals surface area contributed by atoms with Crippen molar-refractivity contribution < 1.29 is 9.90 Å². The molecule has 4 aromatic rings. The summed E-state index contributed by atoms with van der Waals surface area (Å²) < 4.78 is 0. The summed E-state index contributed by atoms with van der Waals surface area (Å²) in [5.74, 6) is -0.736. The lowest BCUT2D eigenvalue weighted by Crippen LogP contribution is -2.14. The quantitative estimate of drug-likeness (QED) is 0.414. The Bertz CT molecular complexity index is 1200. The minimum atomic E-state index is -1.06. The molecule has 0 aliphatic heterocycles. The molecule has 0 spiro atoms. The molecule has 0 aliphatic carbocycles. The van der Waals surface area contributed by atoms with Crippen LogP contribution in [0.3, 0.4) is 0 Å². The molecule has 0 aliphatic rings. The fourth-order valence-corrected chi connectivity index (χ4v) is 3.17. The molecule has 2 heterocycles. The molecule has 4 rings (SSSR count). The van der Waals surface area contributed by atoms with E-state index in [1.807, 2.05) is 30.3 Å². The summed E-state index contributed by atoms with van der Waals surface area (Å²) in [4.78, 5) is 34.0. The first kappa shape index (κ1) is 17.5. The number of para-hydroxylation sites is 1. The van der Waals surface area contributed by atoms with Crippen molar-refractivity contribution in [1.82, 2.24) is 15.0 Å². The summed E-state index contributed by atoms with van der Waals surface area (Å²) in [6, 6.07) is 16.7. The Hall–Kier alpha value is -3.87. The molecule has 7 nitrogen and oxygen atoms in total. The normalized spacial score (nSPS) is 10.9. The zero-order chi connectivity index (χ0) is 19.5. The maximum atomic E-state index is 12.5. The molecular weight excluding hydrogens is 356 g/mol. The number of carboxylic acid groups (broad SMARTS) is 1. The number of benzene rings is 2. The van der Waals surface area contributed by atoms with Crippen molar-refractivity contribution in [3.63, 3.8) is 0 Å². The lowest BCUT2D eigenvalue weighted by atomic mass is 10.1. The van der Waals surface area contributed by atoms with Gasteiger partial charge in [-0.15, -0.1) is 0 Å². The number of hydrogen-bond donors (Lipinski definition) is 4. The fraction of sp³-hybridized carbons (Fsp3) is 0.0952. The third kappa shape index (κ3) is 3.37. The number of nitrogens with one attached hydrogen (secondary N) is 3. The van der Waals surface area contributed by atoms with Gasteiger partial charge in [0.15, 0.2) is 0 Å². The second-order valence-corrected chi connectivity index (χ2v) is 6.35. The SMILES string of the molecule is O=C(O)c1cccc2[nH]c(-c3c(NCCc4ccccc4)cc[nH]c3=O)nc12. The number of rotatable bonds is 6. The van der Waals surface area contributed by atoms with Gasteiger partial charge in [-0.05, 0) is 30.2 Å². The van der Waals surface area contributed by atoms with Crippen molar-refractivity contribution in [3.05, 3.63) is 82.3 Å². The molecule has 0 amide bonds. The first-order valence-electron chi connectivity index (χ1n) is 8.85. The molecule has 2 aromatic carbocycles. The number of aromatic carboxylic acids is 1. The molecule has 0 bridgehead atoms. The highest BCUT2D eigenvalue weighted by atomic mass is 16.4. The van der Waals surface area contributed by atoms with Gasteiger partial charge < -0.3 is 20.4 Å². The summed E-state index contributed by atoms with van der Waals surface area (Å²) >= 11 is 0. The molecule has 2 aromatic heterocycles. The predicted octanol–water partition coefficient (Wildman–Crippen LogP) is 3.27. The predicted molar refractivity (Wildman–Crippen MR) is 108 cm³/mol. The van der Waals surface area contributed by atoms with Gasteiger partial charge in [0.2, 0.25) is 0 Å². The van der Waals surface area contributed by atoms with Crippen LogP contribution >= 0.6 is 0 Å². The van der Waals surface area contributed by atoms with Crippen LogP contribution in [0.4, 0.5) is 5.69 Å². The maximum absolute atomic E-state index is 12.5. The number of carboxylic acids is 1.